The van der Waals surface area contributed by atoms with Crippen molar-refractivity contribution < 1.29 is 14.3 Å². The van der Waals surface area contributed by atoms with Gasteiger partial charge in [0.2, 0.25) is 0 Å². The standard InChI is InChI=1S/C25H27N3O3/c29-24(27-13-3-5-21(18-27)25-30-15-16-31-25)23-7-2-1-6-22(23)20-10-8-19(9-11-20)17-28-14-4-12-26-28/h1-2,4,6-12,14,21,25H,3,5,13,15-18H2. The second-order valence-corrected chi connectivity index (χ2v) is 8.21. The second kappa shape index (κ2) is 9.04. The third-order valence-corrected chi connectivity index (χ3v) is 6.10. The summed E-state index contributed by atoms with van der Waals surface area (Å²) >= 11 is 0. The van der Waals surface area contributed by atoms with E-state index >= 15 is 0 Å². The van der Waals surface area contributed by atoms with Crippen LogP contribution in [0.4, 0.5) is 0 Å². The number of likely N-dealkylation sites (tertiary alicyclic amines) is 1. The first-order valence-electron chi connectivity index (χ1n) is 11.0. The van der Waals surface area contributed by atoms with Crippen LogP contribution in [0.15, 0.2) is 67.0 Å². The van der Waals surface area contributed by atoms with Crippen molar-refractivity contribution in [3.05, 3.63) is 78.1 Å². The molecule has 0 aliphatic carbocycles. The van der Waals surface area contributed by atoms with Gasteiger partial charge in [0.15, 0.2) is 6.29 Å². The first-order valence-corrected chi connectivity index (χ1v) is 11.0. The van der Waals surface area contributed by atoms with Crippen molar-refractivity contribution in [3.8, 4) is 11.1 Å². The van der Waals surface area contributed by atoms with E-state index in [1.165, 1.54) is 5.56 Å². The highest BCUT2D eigenvalue weighted by atomic mass is 16.7. The highest BCUT2D eigenvalue weighted by Crippen LogP contribution is 2.29. The molecule has 1 atom stereocenters. The SMILES string of the molecule is O=C(c1ccccc1-c1ccc(Cn2cccn2)cc1)N1CCCC(C2OCCO2)C1. The number of hydrogen-bond acceptors (Lipinski definition) is 4. The molecule has 0 spiro atoms. The predicted molar refractivity (Wildman–Crippen MR) is 118 cm³/mol. The van der Waals surface area contributed by atoms with Crippen LogP contribution in [-0.4, -0.2) is 53.2 Å². The quantitative estimate of drug-likeness (QED) is 0.633. The summed E-state index contributed by atoms with van der Waals surface area (Å²) in [5.74, 6) is 0.327. The summed E-state index contributed by atoms with van der Waals surface area (Å²) in [5, 5.41) is 4.26. The summed E-state index contributed by atoms with van der Waals surface area (Å²) in [7, 11) is 0. The number of rotatable bonds is 5. The molecule has 0 saturated carbocycles. The van der Waals surface area contributed by atoms with Crippen LogP contribution in [0.25, 0.3) is 11.1 Å². The fourth-order valence-electron chi connectivity index (χ4n) is 4.53. The summed E-state index contributed by atoms with van der Waals surface area (Å²) in [5.41, 5.74) is 3.93. The lowest BCUT2D eigenvalue weighted by Gasteiger charge is -2.35. The number of aromatic nitrogens is 2. The van der Waals surface area contributed by atoms with E-state index in [9.17, 15) is 4.79 Å². The molecule has 3 aromatic rings. The fraction of sp³-hybridized carbons (Fsp3) is 0.360. The zero-order chi connectivity index (χ0) is 21.0. The Morgan fingerprint density at radius 2 is 1.84 bits per heavy atom. The molecule has 160 valence electrons. The molecule has 3 heterocycles. The number of hydrogen-bond donors (Lipinski definition) is 0. The molecule has 2 saturated heterocycles. The van der Waals surface area contributed by atoms with Crippen LogP contribution in [0, 0.1) is 5.92 Å². The van der Waals surface area contributed by atoms with Crippen LogP contribution in [0.3, 0.4) is 0 Å². The Morgan fingerprint density at radius 3 is 2.61 bits per heavy atom. The van der Waals surface area contributed by atoms with Gasteiger partial charge in [-0.15, -0.1) is 0 Å². The van der Waals surface area contributed by atoms with Crippen molar-refractivity contribution in [3.63, 3.8) is 0 Å². The highest BCUT2D eigenvalue weighted by molar-refractivity contribution is 6.01. The lowest BCUT2D eigenvalue weighted by Crippen LogP contribution is -2.44. The predicted octanol–water partition coefficient (Wildman–Crippen LogP) is 3.82. The maximum Gasteiger partial charge on any atom is 0.254 e. The second-order valence-electron chi connectivity index (χ2n) is 8.21. The summed E-state index contributed by atoms with van der Waals surface area (Å²) in [6, 6.07) is 18.2. The minimum atomic E-state index is -0.173. The number of ether oxygens (including phenoxy) is 2. The summed E-state index contributed by atoms with van der Waals surface area (Å²) in [6.45, 7) is 3.48. The molecule has 0 bridgehead atoms. The average molecular weight is 418 g/mol. The number of nitrogens with zero attached hydrogens (tertiary/aromatic N) is 3. The van der Waals surface area contributed by atoms with Crippen LogP contribution >= 0.6 is 0 Å². The van der Waals surface area contributed by atoms with Crippen molar-refractivity contribution in [1.82, 2.24) is 14.7 Å². The van der Waals surface area contributed by atoms with Crippen LogP contribution in [-0.2, 0) is 16.0 Å². The summed E-state index contributed by atoms with van der Waals surface area (Å²) in [6.07, 6.45) is 5.58. The van der Waals surface area contributed by atoms with Gasteiger partial charge < -0.3 is 14.4 Å². The highest BCUT2D eigenvalue weighted by Gasteiger charge is 2.33. The minimum absolute atomic E-state index is 0.0823. The van der Waals surface area contributed by atoms with Gasteiger partial charge in [-0.2, -0.15) is 5.10 Å². The Labute approximate surface area is 182 Å². The van der Waals surface area contributed by atoms with Crippen molar-refractivity contribution >= 4 is 5.91 Å². The van der Waals surface area contributed by atoms with Crippen molar-refractivity contribution in [2.24, 2.45) is 5.92 Å². The smallest absolute Gasteiger partial charge is 0.254 e. The minimum Gasteiger partial charge on any atom is -0.350 e. The lowest BCUT2D eigenvalue weighted by molar-refractivity contribution is -0.0969. The molecule has 0 radical (unpaired) electrons. The monoisotopic (exact) mass is 417 g/mol. The van der Waals surface area contributed by atoms with Crippen molar-refractivity contribution in [1.29, 1.82) is 0 Å². The van der Waals surface area contributed by atoms with Crippen LogP contribution < -0.4 is 0 Å². The molecule has 2 aromatic carbocycles. The Bertz CT molecular complexity index is 1010. The molecule has 0 N–H and O–H groups in total. The van der Waals surface area contributed by atoms with Gasteiger partial charge in [0, 0.05) is 37.0 Å². The van der Waals surface area contributed by atoms with Gasteiger partial charge in [-0.1, -0.05) is 42.5 Å². The zero-order valence-electron chi connectivity index (χ0n) is 17.5. The molecule has 2 aliphatic rings. The van der Waals surface area contributed by atoms with E-state index in [0.717, 1.165) is 42.6 Å². The maximum atomic E-state index is 13.5. The third-order valence-electron chi connectivity index (χ3n) is 6.10. The number of piperidine rings is 1. The summed E-state index contributed by atoms with van der Waals surface area (Å²) in [4.78, 5) is 15.4. The normalized spacial score (nSPS) is 19.6. The molecular weight excluding hydrogens is 390 g/mol. The van der Waals surface area contributed by atoms with Crippen molar-refractivity contribution in [2.75, 3.05) is 26.3 Å². The Hall–Kier alpha value is -2.96. The largest absolute Gasteiger partial charge is 0.350 e. The van der Waals surface area contributed by atoms with Gasteiger partial charge in [0.1, 0.15) is 0 Å². The van der Waals surface area contributed by atoms with E-state index in [4.69, 9.17) is 9.47 Å². The molecular formula is C25H27N3O3. The van der Waals surface area contributed by atoms with Crippen LogP contribution in [0.2, 0.25) is 0 Å². The first kappa shape index (κ1) is 20.0. The molecule has 1 aromatic heterocycles. The van der Waals surface area contributed by atoms with Gasteiger partial charge in [0.05, 0.1) is 19.8 Å². The molecule has 2 aliphatic heterocycles. The van der Waals surface area contributed by atoms with E-state index in [2.05, 4.69) is 29.4 Å². The Morgan fingerprint density at radius 1 is 1.03 bits per heavy atom. The van der Waals surface area contributed by atoms with E-state index in [-0.39, 0.29) is 18.1 Å². The first-order chi connectivity index (χ1) is 15.3. The van der Waals surface area contributed by atoms with Gasteiger partial charge in [-0.05, 0) is 41.7 Å². The zero-order valence-corrected chi connectivity index (χ0v) is 17.5. The van der Waals surface area contributed by atoms with Gasteiger partial charge in [0.25, 0.3) is 5.91 Å². The number of carbonyl (C=O) groups excluding carboxylic acids is 1. The van der Waals surface area contributed by atoms with E-state index in [1.807, 2.05) is 46.1 Å². The molecule has 5 rings (SSSR count). The van der Waals surface area contributed by atoms with Gasteiger partial charge in [-0.25, -0.2) is 0 Å². The lowest BCUT2D eigenvalue weighted by atomic mass is 9.94. The van der Waals surface area contributed by atoms with E-state index < -0.39 is 0 Å². The topological polar surface area (TPSA) is 56.6 Å². The van der Waals surface area contributed by atoms with Crippen molar-refractivity contribution in [2.45, 2.75) is 25.7 Å². The fourth-order valence-corrected chi connectivity index (χ4v) is 4.53. The van der Waals surface area contributed by atoms with Gasteiger partial charge >= 0.3 is 0 Å². The van der Waals surface area contributed by atoms with Crippen LogP contribution in [0.1, 0.15) is 28.8 Å². The third kappa shape index (κ3) is 4.40. The number of amides is 1. The molecule has 6 heteroatoms. The molecule has 1 amide bonds. The number of benzene rings is 2. The maximum absolute atomic E-state index is 13.5. The Kier molecular flexibility index (Phi) is 5.82. The summed E-state index contributed by atoms with van der Waals surface area (Å²) < 4.78 is 13.3. The van der Waals surface area contributed by atoms with Crippen LogP contribution in [0.5, 0.6) is 0 Å². The van der Waals surface area contributed by atoms with E-state index in [0.29, 0.717) is 19.8 Å². The molecule has 31 heavy (non-hydrogen) atoms. The molecule has 6 nitrogen and oxygen atoms in total. The van der Waals surface area contributed by atoms with Gasteiger partial charge in [-0.3, -0.25) is 9.48 Å². The van der Waals surface area contributed by atoms with E-state index in [1.54, 1.807) is 6.20 Å². The molecule has 1 unspecified atom stereocenters. The molecule has 2 fully saturated rings. The average Bonchev–Trinajstić information content (AvgIpc) is 3.54. The number of carbonyl (C=O) groups is 1. The Balaban J connectivity index is 1.34.